The molecule has 4 rings (SSSR count). The van der Waals surface area contributed by atoms with Crippen molar-refractivity contribution in [3.8, 4) is 11.5 Å². The Morgan fingerprint density at radius 2 is 1.50 bits per heavy atom. The summed E-state index contributed by atoms with van der Waals surface area (Å²) in [5, 5.41) is 8.25. The average molecular weight is 386 g/mol. The van der Waals surface area contributed by atoms with Gasteiger partial charge in [0.05, 0.1) is 0 Å². The van der Waals surface area contributed by atoms with Crippen molar-refractivity contribution in [3.05, 3.63) is 102 Å². The Morgan fingerprint density at radius 1 is 0.857 bits per heavy atom. The van der Waals surface area contributed by atoms with Crippen molar-refractivity contribution < 1.29 is 9.21 Å². The van der Waals surface area contributed by atoms with Gasteiger partial charge in [-0.1, -0.05) is 78.9 Å². The van der Waals surface area contributed by atoms with Crippen molar-refractivity contribution >= 4 is 17.5 Å². The van der Waals surface area contributed by atoms with Gasteiger partial charge in [-0.05, 0) is 35.9 Å². The number of hydrogen-bond acceptors (Lipinski definition) is 5. The second-order valence-electron chi connectivity index (χ2n) is 6.33. The van der Waals surface area contributed by atoms with E-state index in [0.29, 0.717) is 16.7 Å². The van der Waals surface area contributed by atoms with E-state index < -0.39 is 5.25 Å². The third-order valence-electron chi connectivity index (χ3n) is 4.40. The van der Waals surface area contributed by atoms with E-state index in [1.165, 1.54) is 11.8 Å². The Labute approximate surface area is 167 Å². The predicted molar refractivity (Wildman–Crippen MR) is 110 cm³/mol. The van der Waals surface area contributed by atoms with Crippen LogP contribution in [0.4, 0.5) is 0 Å². The fraction of sp³-hybridized carbons (Fsp3) is 0.0870. The normalized spacial score (nSPS) is 11.9. The molecule has 0 unspecified atom stereocenters. The highest BCUT2D eigenvalue weighted by atomic mass is 32.2. The Hall–Kier alpha value is -3.18. The van der Waals surface area contributed by atoms with Crippen molar-refractivity contribution in [2.45, 2.75) is 17.4 Å². The van der Waals surface area contributed by atoms with E-state index in [1.54, 1.807) is 0 Å². The third-order valence-corrected chi connectivity index (χ3v) is 5.49. The number of hydrogen-bond donors (Lipinski definition) is 0. The molecule has 1 heterocycles. The van der Waals surface area contributed by atoms with Gasteiger partial charge in [-0.15, -0.1) is 10.2 Å². The fourth-order valence-electron chi connectivity index (χ4n) is 2.93. The zero-order valence-corrected chi connectivity index (χ0v) is 16.1. The summed E-state index contributed by atoms with van der Waals surface area (Å²) in [6.45, 7) is 2.00. The number of carbonyl (C=O) groups excluding carboxylic acids is 1. The number of benzene rings is 3. The fourth-order valence-corrected chi connectivity index (χ4v) is 3.89. The number of rotatable bonds is 6. The molecule has 0 saturated heterocycles. The van der Waals surface area contributed by atoms with E-state index in [-0.39, 0.29) is 5.78 Å². The van der Waals surface area contributed by atoms with Gasteiger partial charge >= 0.3 is 0 Å². The van der Waals surface area contributed by atoms with Crippen molar-refractivity contribution in [1.82, 2.24) is 10.2 Å². The van der Waals surface area contributed by atoms with E-state index in [0.717, 1.165) is 16.7 Å². The molecule has 0 bridgehead atoms. The predicted octanol–water partition coefficient (Wildman–Crippen LogP) is 5.76. The smallest absolute Gasteiger partial charge is 0.277 e. The minimum absolute atomic E-state index is 0.00689. The van der Waals surface area contributed by atoms with Crippen molar-refractivity contribution in [1.29, 1.82) is 0 Å². The molecule has 28 heavy (non-hydrogen) atoms. The van der Waals surface area contributed by atoms with Gasteiger partial charge in [0.25, 0.3) is 5.22 Å². The lowest BCUT2D eigenvalue weighted by Gasteiger charge is -2.14. The van der Waals surface area contributed by atoms with Crippen LogP contribution >= 0.6 is 11.8 Å². The van der Waals surface area contributed by atoms with E-state index in [9.17, 15) is 4.79 Å². The molecule has 0 fully saturated rings. The standard InChI is InChI=1S/C23H18N2O2S/c1-16-10-8-9-15-19(16)22-24-25-23(27-22)28-21(18-13-6-3-7-14-18)20(26)17-11-4-2-5-12-17/h2-15,21H,1H3/t21-/m0/s1. The van der Waals surface area contributed by atoms with Crippen LogP contribution in [0, 0.1) is 6.92 Å². The Balaban J connectivity index is 1.65. The molecular formula is C23H18N2O2S. The first-order chi connectivity index (χ1) is 13.7. The second-order valence-corrected chi connectivity index (χ2v) is 7.38. The molecule has 4 aromatic rings. The van der Waals surface area contributed by atoms with Gasteiger partial charge < -0.3 is 4.42 Å². The van der Waals surface area contributed by atoms with E-state index in [2.05, 4.69) is 10.2 Å². The minimum Gasteiger partial charge on any atom is -0.411 e. The van der Waals surface area contributed by atoms with Gasteiger partial charge in [0, 0.05) is 11.1 Å². The summed E-state index contributed by atoms with van der Waals surface area (Å²) in [6, 6.07) is 26.8. The van der Waals surface area contributed by atoms with Crippen LogP contribution in [0.2, 0.25) is 0 Å². The summed E-state index contributed by atoms with van der Waals surface area (Å²) in [7, 11) is 0. The summed E-state index contributed by atoms with van der Waals surface area (Å²) in [5.41, 5.74) is 3.51. The molecule has 0 saturated carbocycles. The van der Waals surface area contributed by atoms with Crippen molar-refractivity contribution in [2.75, 3.05) is 0 Å². The van der Waals surface area contributed by atoms with Crippen LogP contribution in [0.15, 0.2) is 94.6 Å². The van der Waals surface area contributed by atoms with Crippen LogP contribution in [0.5, 0.6) is 0 Å². The summed E-state index contributed by atoms with van der Waals surface area (Å²) < 4.78 is 5.88. The monoisotopic (exact) mass is 386 g/mol. The van der Waals surface area contributed by atoms with Gasteiger partial charge in [0.15, 0.2) is 5.78 Å². The maximum absolute atomic E-state index is 13.2. The number of carbonyl (C=O) groups is 1. The largest absolute Gasteiger partial charge is 0.411 e. The lowest BCUT2D eigenvalue weighted by molar-refractivity contribution is 0.0989. The Bertz CT molecular complexity index is 1080. The van der Waals surface area contributed by atoms with E-state index in [4.69, 9.17) is 4.42 Å². The first-order valence-corrected chi connectivity index (χ1v) is 9.81. The number of ketones is 1. The summed E-state index contributed by atoms with van der Waals surface area (Å²) in [4.78, 5) is 13.2. The van der Waals surface area contributed by atoms with E-state index >= 15 is 0 Å². The van der Waals surface area contributed by atoms with Crippen molar-refractivity contribution in [3.63, 3.8) is 0 Å². The average Bonchev–Trinajstić information content (AvgIpc) is 3.21. The van der Waals surface area contributed by atoms with Gasteiger partial charge in [-0.25, -0.2) is 0 Å². The molecule has 0 N–H and O–H groups in total. The molecule has 0 aliphatic rings. The van der Waals surface area contributed by atoms with Crippen molar-refractivity contribution in [2.24, 2.45) is 0 Å². The Kier molecular flexibility index (Phi) is 5.35. The van der Waals surface area contributed by atoms with Crippen LogP contribution in [-0.2, 0) is 0 Å². The van der Waals surface area contributed by atoms with Crippen LogP contribution in [-0.4, -0.2) is 16.0 Å². The molecule has 1 atom stereocenters. The molecular weight excluding hydrogens is 368 g/mol. The second kappa shape index (κ2) is 8.23. The molecule has 0 aliphatic carbocycles. The molecule has 138 valence electrons. The molecule has 0 aliphatic heterocycles. The first-order valence-electron chi connectivity index (χ1n) is 8.93. The van der Waals surface area contributed by atoms with Gasteiger partial charge in [0.2, 0.25) is 5.89 Å². The van der Waals surface area contributed by atoms with E-state index in [1.807, 2.05) is 91.9 Å². The van der Waals surface area contributed by atoms with Crippen LogP contribution in [0.3, 0.4) is 0 Å². The number of thioether (sulfide) groups is 1. The highest BCUT2D eigenvalue weighted by molar-refractivity contribution is 8.00. The van der Waals surface area contributed by atoms with Gasteiger partial charge in [-0.2, -0.15) is 0 Å². The third kappa shape index (κ3) is 3.89. The summed E-state index contributed by atoms with van der Waals surface area (Å²) >= 11 is 1.28. The zero-order valence-electron chi connectivity index (χ0n) is 15.3. The molecule has 5 heteroatoms. The number of nitrogens with zero attached hydrogens (tertiary/aromatic N) is 2. The maximum Gasteiger partial charge on any atom is 0.277 e. The van der Waals surface area contributed by atoms with Crippen LogP contribution in [0.25, 0.3) is 11.5 Å². The van der Waals surface area contributed by atoms with Gasteiger partial charge in [0.1, 0.15) is 5.25 Å². The molecule has 0 spiro atoms. The maximum atomic E-state index is 13.2. The van der Waals surface area contributed by atoms with Crippen LogP contribution < -0.4 is 0 Å². The Morgan fingerprint density at radius 3 is 2.21 bits per heavy atom. The molecule has 0 radical (unpaired) electrons. The molecule has 4 nitrogen and oxygen atoms in total. The SMILES string of the molecule is Cc1ccccc1-c1nnc(S[C@H](C(=O)c2ccccc2)c2ccccc2)o1. The summed E-state index contributed by atoms with van der Waals surface area (Å²) in [6.07, 6.45) is 0. The zero-order chi connectivity index (χ0) is 19.3. The first kappa shape index (κ1) is 18.2. The highest BCUT2D eigenvalue weighted by Gasteiger charge is 2.26. The summed E-state index contributed by atoms with van der Waals surface area (Å²) in [5.74, 6) is 0.465. The number of Topliss-reactive ketones (excluding diaryl/α,β-unsaturated/α-hetero) is 1. The molecule has 1 aromatic heterocycles. The lowest BCUT2D eigenvalue weighted by Crippen LogP contribution is -2.10. The highest BCUT2D eigenvalue weighted by Crippen LogP contribution is 2.38. The topological polar surface area (TPSA) is 56.0 Å². The molecule has 3 aromatic carbocycles. The van der Waals surface area contributed by atoms with Gasteiger partial charge in [-0.3, -0.25) is 4.79 Å². The van der Waals surface area contributed by atoms with Crippen LogP contribution in [0.1, 0.15) is 26.7 Å². The lowest BCUT2D eigenvalue weighted by atomic mass is 10.0. The number of aryl methyl sites for hydroxylation is 1. The minimum atomic E-state index is -0.464. The molecule has 0 amide bonds. The quantitative estimate of drug-likeness (QED) is 0.311. The number of aromatic nitrogens is 2.